The monoisotopic (exact) mass is 394 g/mol. The number of hydrogen-bond acceptors (Lipinski definition) is 4. The van der Waals surface area contributed by atoms with Gasteiger partial charge in [0, 0.05) is 31.3 Å². The highest BCUT2D eigenvalue weighted by molar-refractivity contribution is 6.04. The van der Waals surface area contributed by atoms with Gasteiger partial charge in [-0.15, -0.1) is 10.2 Å². The molecule has 1 aromatic heterocycles. The molecule has 7 heteroatoms. The summed E-state index contributed by atoms with van der Waals surface area (Å²) in [5.74, 6) is 0.764. The molecule has 2 heterocycles. The maximum absolute atomic E-state index is 14.6. The zero-order chi connectivity index (χ0) is 20.2. The van der Waals surface area contributed by atoms with Crippen molar-refractivity contribution >= 4 is 11.6 Å². The Hall–Kier alpha value is -3.06. The number of nitrogens with zero attached hydrogens (tertiary/aromatic N) is 3. The third-order valence-corrected chi connectivity index (χ3v) is 5.10. The van der Waals surface area contributed by atoms with Gasteiger partial charge in [-0.25, -0.2) is 4.39 Å². The van der Waals surface area contributed by atoms with Crippen molar-refractivity contribution in [1.29, 1.82) is 0 Å². The lowest BCUT2D eigenvalue weighted by Crippen LogP contribution is -2.12. The van der Waals surface area contributed by atoms with E-state index in [9.17, 15) is 9.18 Å². The Kier molecular flexibility index (Phi) is 5.67. The van der Waals surface area contributed by atoms with Gasteiger partial charge in [-0.2, -0.15) is 0 Å². The molecule has 0 saturated carbocycles. The molecular formula is C22H23FN4O2. The van der Waals surface area contributed by atoms with E-state index in [1.54, 1.807) is 31.4 Å². The number of amides is 1. The van der Waals surface area contributed by atoms with E-state index in [0.717, 1.165) is 43.6 Å². The lowest BCUT2D eigenvalue weighted by Gasteiger charge is -2.11. The topological polar surface area (TPSA) is 69.0 Å². The largest absolute Gasteiger partial charge is 0.380 e. The van der Waals surface area contributed by atoms with Crippen LogP contribution in [0.3, 0.4) is 0 Å². The summed E-state index contributed by atoms with van der Waals surface area (Å²) in [6.45, 7) is 1.27. The van der Waals surface area contributed by atoms with Gasteiger partial charge < -0.3 is 14.6 Å². The number of anilines is 1. The van der Waals surface area contributed by atoms with Crippen molar-refractivity contribution in [2.75, 3.05) is 12.4 Å². The second kappa shape index (κ2) is 8.53. The number of ether oxygens (including phenoxy) is 1. The Balaban J connectivity index is 1.57. The number of methoxy groups -OCH3 is 1. The molecule has 0 aliphatic carbocycles. The second-order valence-corrected chi connectivity index (χ2v) is 7.18. The average molecular weight is 394 g/mol. The van der Waals surface area contributed by atoms with Crippen molar-refractivity contribution in [3.8, 4) is 11.4 Å². The molecule has 2 aromatic carbocycles. The summed E-state index contributed by atoms with van der Waals surface area (Å²) in [5, 5.41) is 11.3. The number of halogens is 1. The fourth-order valence-corrected chi connectivity index (χ4v) is 3.58. The summed E-state index contributed by atoms with van der Waals surface area (Å²) in [5.41, 5.74) is 2.37. The quantitative estimate of drug-likeness (QED) is 0.704. The van der Waals surface area contributed by atoms with E-state index >= 15 is 0 Å². The van der Waals surface area contributed by atoms with Crippen LogP contribution in [0, 0.1) is 5.82 Å². The predicted molar refractivity (Wildman–Crippen MR) is 108 cm³/mol. The number of fused-ring (bicyclic) bond motifs is 1. The highest BCUT2D eigenvalue weighted by atomic mass is 19.1. The van der Waals surface area contributed by atoms with Crippen LogP contribution < -0.4 is 5.32 Å². The maximum Gasteiger partial charge on any atom is 0.255 e. The van der Waals surface area contributed by atoms with Crippen molar-refractivity contribution in [2.24, 2.45) is 0 Å². The lowest BCUT2D eigenvalue weighted by molar-refractivity contribution is 0.102. The first kappa shape index (κ1) is 19.3. The smallest absolute Gasteiger partial charge is 0.255 e. The number of carbonyl (C=O) groups excluding carboxylic acids is 1. The SMILES string of the molecule is COCc1ccc(C(=O)Nc2ccc(F)c(-c3nnc4n3CCCCC4)c2)cc1. The van der Waals surface area contributed by atoms with Crippen molar-refractivity contribution in [3.05, 3.63) is 65.2 Å². The Labute approximate surface area is 168 Å². The first-order chi connectivity index (χ1) is 14.2. The summed E-state index contributed by atoms with van der Waals surface area (Å²) in [7, 11) is 1.63. The number of aromatic nitrogens is 3. The summed E-state index contributed by atoms with van der Waals surface area (Å²) >= 11 is 0. The average Bonchev–Trinajstić information content (AvgIpc) is 2.98. The summed E-state index contributed by atoms with van der Waals surface area (Å²) in [6, 6.07) is 11.7. The number of rotatable bonds is 5. The Bertz CT molecular complexity index is 1010. The van der Waals surface area contributed by atoms with Crippen LogP contribution in [0.15, 0.2) is 42.5 Å². The molecule has 1 amide bonds. The molecule has 1 N–H and O–H groups in total. The zero-order valence-electron chi connectivity index (χ0n) is 16.3. The first-order valence-corrected chi connectivity index (χ1v) is 9.77. The molecule has 29 heavy (non-hydrogen) atoms. The van der Waals surface area contributed by atoms with E-state index in [0.29, 0.717) is 29.2 Å². The standard InChI is InChI=1S/C22H23FN4O2/c1-29-14-15-6-8-16(9-7-15)22(28)24-17-10-11-19(23)18(13-17)21-26-25-20-5-3-2-4-12-27(20)21/h6-11,13H,2-5,12,14H2,1H3,(H,24,28). The van der Waals surface area contributed by atoms with Crippen LogP contribution in [0.25, 0.3) is 11.4 Å². The third kappa shape index (κ3) is 4.19. The van der Waals surface area contributed by atoms with Crippen LogP contribution in [0.1, 0.15) is 41.0 Å². The summed E-state index contributed by atoms with van der Waals surface area (Å²) < 4.78 is 21.6. The van der Waals surface area contributed by atoms with Gasteiger partial charge in [-0.3, -0.25) is 4.79 Å². The molecule has 6 nitrogen and oxygen atoms in total. The van der Waals surface area contributed by atoms with E-state index in [1.165, 1.54) is 6.07 Å². The Morgan fingerprint density at radius 3 is 2.76 bits per heavy atom. The summed E-state index contributed by atoms with van der Waals surface area (Å²) in [4.78, 5) is 12.6. The fourth-order valence-electron chi connectivity index (χ4n) is 3.58. The van der Waals surface area contributed by atoms with Crippen LogP contribution in [0.2, 0.25) is 0 Å². The van der Waals surface area contributed by atoms with Crippen LogP contribution >= 0.6 is 0 Å². The number of benzene rings is 2. The van der Waals surface area contributed by atoms with Gasteiger partial charge in [0.2, 0.25) is 0 Å². The van der Waals surface area contributed by atoms with Crippen LogP contribution in [-0.4, -0.2) is 27.8 Å². The van der Waals surface area contributed by atoms with E-state index < -0.39 is 0 Å². The number of nitrogens with one attached hydrogen (secondary N) is 1. The molecule has 0 radical (unpaired) electrons. The van der Waals surface area contributed by atoms with Crippen molar-refractivity contribution in [3.63, 3.8) is 0 Å². The van der Waals surface area contributed by atoms with E-state index in [1.807, 2.05) is 16.7 Å². The highest BCUT2D eigenvalue weighted by Crippen LogP contribution is 2.27. The Morgan fingerprint density at radius 2 is 1.97 bits per heavy atom. The van der Waals surface area contributed by atoms with Crippen LogP contribution in [0.4, 0.5) is 10.1 Å². The van der Waals surface area contributed by atoms with Gasteiger partial charge >= 0.3 is 0 Å². The molecular weight excluding hydrogens is 371 g/mol. The molecule has 0 atom stereocenters. The molecule has 0 fully saturated rings. The minimum Gasteiger partial charge on any atom is -0.380 e. The predicted octanol–water partition coefficient (Wildman–Crippen LogP) is 4.21. The second-order valence-electron chi connectivity index (χ2n) is 7.18. The van der Waals surface area contributed by atoms with Crippen LogP contribution in [-0.2, 0) is 24.3 Å². The lowest BCUT2D eigenvalue weighted by atomic mass is 10.1. The molecule has 0 bridgehead atoms. The van der Waals surface area contributed by atoms with Gasteiger partial charge in [0.05, 0.1) is 12.2 Å². The normalized spacial score (nSPS) is 13.6. The molecule has 1 aliphatic heterocycles. The maximum atomic E-state index is 14.6. The van der Waals surface area contributed by atoms with Crippen LogP contribution in [0.5, 0.6) is 0 Å². The van der Waals surface area contributed by atoms with Gasteiger partial charge in [0.25, 0.3) is 5.91 Å². The van der Waals surface area contributed by atoms with Gasteiger partial charge in [0.1, 0.15) is 11.6 Å². The minimum atomic E-state index is -0.383. The number of aryl methyl sites for hydroxylation is 1. The van der Waals surface area contributed by atoms with Crippen molar-refractivity contribution in [1.82, 2.24) is 14.8 Å². The van der Waals surface area contributed by atoms with Gasteiger partial charge in [-0.1, -0.05) is 18.6 Å². The first-order valence-electron chi connectivity index (χ1n) is 9.77. The molecule has 4 rings (SSSR count). The molecule has 1 aliphatic rings. The Morgan fingerprint density at radius 1 is 1.14 bits per heavy atom. The van der Waals surface area contributed by atoms with E-state index in [2.05, 4.69) is 15.5 Å². The van der Waals surface area contributed by atoms with E-state index in [-0.39, 0.29) is 11.7 Å². The highest BCUT2D eigenvalue weighted by Gasteiger charge is 2.19. The van der Waals surface area contributed by atoms with Crippen molar-refractivity contribution < 1.29 is 13.9 Å². The molecule has 3 aromatic rings. The molecule has 0 saturated heterocycles. The molecule has 0 unspecified atom stereocenters. The molecule has 150 valence electrons. The molecule has 0 spiro atoms. The van der Waals surface area contributed by atoms with E-state index in [4.69, 9.17) is 4.74 Å². The van der Waals surface area contributed by atoms with Gasteiger partial charge in [0.15, 0.2) is 5.82 Å². The van der Waals surface area contributed by atoms with Gasteiger partial charge in [-0.05, 0) is 48.7 Å². The third-order valence-electron chi connectivity index (χ3n) is 5.10. The minimum absolute atomic E-state index is 0.258. The summed E-state index contributed by atoms with van der Waals surface area (Å²) in [6.07, 6.45) is 4.07. The fraction of sp³-hybridized carbons (Fsp3) is 0.318. The van der Waals surface area contributed by atoms with Crippen molar-refractivity contribution in [2.45, 2.75) is 38.8 Å². The number of hydrogen-bond donors (Lipinski definition) is 1. The number of carbonyl (C=O) groups is 1. The zero-order valence-corrected chi connectivity index (χ0v) is 16.3.